The number of allylic oxidation sites excluding steroid dienone is 1. The van der Waals surface area contributed by atoms with E-state index in [9.17, 15) is 23.1 Å². The quantitative estimate of drug-likeness (QED) is 0.816. The van der Waals surface area contributed by atoms with Crippen LogP contribution in [0.2, 0.25) is 0 Å². The zero-order chi connectivity index (χ0) is 15.6. The summed E-state index contributed by atoms with van der Waals surface area (Å²) in [6.45, 7) is 0. The topological polar surface area (TPSA) is 49.3 Å². The Bertz CT molecular complexity index is 596. The fourth-order valence-electron chi connectivity index (χ4n) is 2.10. The summed E-state index contributed by atoms with van der Waals surface area (Å²) in [7, 11) is 0. The second-order valence-corrected chi connectivity index (χ2v) is 5.12. The molecule has 2 N–H and O–H groups in total. The molecule has 0 aromatic heterocycles. The van der Waals surface area contributed by atoms with E-state index in [1.807, 2.05) is 0 Å². The van der Waals surface area contributed by atoms with E-state index < -0.39 is 36.5 Å². The smallest absolute Gasteiger partial charge is 0.392 e. The molecule has 112 valence electrons. The Kier molecular flexibility index (Phi) is 4.32. The number of halogens is 3. The lowest BCUT2D eigenvalue weighted by atomic mass is 9.86. The lowest BCUT2D eigenvalue weighted by Crippen LogP contribution is -2.33. The number of thiocarbonyl (C=S) groups is 1. The van der Waals surface area contributed by atoms with E-state index in [0.717, 1.165) is 0 Å². The first-order valence-corrected chi connectivity index (χ1v) is 6.58. The molecule has 0 heterocycles. The molecule has 0 aliphatic heterocycles. The molecule has 3 nitrogen and oxygen atoms in total. The van der Waals surface area contributed by atoms with Crippen molar-refractivity contribution in [2.75, 3.05) is 5.32 Å². The first kappa shape index (κ1) is 15.5. The van der Waals surface area contributed by atoms with Crippen molar-refractivity contribution in [3.63, 3.8) is 0 Å². The van der Waals surface area contributed by atoms with Crippen LogP contribution in [-0.2, 0) is 4.79 Å². The van der Waals surface area contributed by atoms with E-state index in [4.69, 9.17) is 12.2 Å². The van der Waals surface area contributed by atoms with Crippen LogP contribution in [0.4, 0.5) is 18.9 Å². The minimum absolute atomic E-state index is 0.0654. The van der Waals surface area contributed by atoms with Crippen LogP contribution in [0.3, 0.4) is 0 Å². The van der Waals surface area contributed by atoms with Crippen molar-refractivity contribution in [2.45, 2.75) is 19.0 Å². The zero-order valence-corrected chi connectivity index (χ0v) is 11.6. The first-order chi connectivity index (χ1) is 9.79. The van der Waals surface area contributed by atoms with Crippen LogP contribution in [0.25, 0.3) is 0 Å². The van der Waals surface area contributed by atoms with Crippen molar-refractivity contribution < 1.29 is 23.1 Å². The number of ketones is 1. The standard InChI is InChI=1S/C14H12F3NO2S/c15-14(16,17)8-6-10(19)12(11(20)7-8)13(21)18-9-4-2-1-3-5-9/h1-5,8,19H,6-7H2,(H,18,21). The molecule has 2 rings (SSSR count). The van der Waals surface area contributed by atoms with Gasteiger partial charge in [0.25, 0.3) is 0 Å². The fourth-order valence-corrected chi connectivity index (χ4v) is 2.45. The van der Waals surface area contributed by atoms with Crippen LogP contribution in [0, 0.1) is 5.92 Å². The van der Waals surface area contributed by atoms with Crippen LogP contribution < -0.4 is 5.32 Å². The third-order valence-corrected chi connectivity index (χ3v) is 3.47. The predicted octanol–water partition coefficient (Wildman–Crippen LogP) is 3.78. The summed E-state index contributed by atoms with van der Waals surface area (Å²) < 4.78 is 37.9. The van der Waals surface area contributed by atoms with E-state index >= 15 is 0 Å². The van der Waals surface area contributed by atoms with E-state index in [0.29, 0.717) is 5.69 Å². The average Bonchev–Trinajstić information content (AvgIpc) is 2.37. The second-order valence-electron chi connectivity index (χ2n) is 4.71. The number of hydrogen-bond acceptors (Lipinski definition) is 3. The van der Waals surface area contributed by atoms with E-state index in [-0.39, 0.29) is 10.6 Å². The zero-order valence-electron chi connectivity index (χ0n) is 10.8. The average molecular weight is 315 g/mol. The molecule has 0 bridgehead atoms. The lowest BCUT2D eigenvalue weighted by molar-refractivity contribution is -0.180. The van der Waals surface area contributed by atoms with Gasteiger partial charge in [0.2, 0.25) is 0 Å². The Labute approximate surface area is 124 Å². The van der Waals surface area contributed by atoms with Crippen molar-refractivity contribution in [1.29, 1.82) is 0 Å². The number of hydrogen-bond donors (Lipinski definition) is 2. The molecule has 0 fully saturated rings. The van der Waals surface area contributed by atoms with Gasteiger partial charge in [0.15, 0.2) is 5.78 Å². The van der Waals surface area contributed by atoms with Gasteiger partial charge in [-0.2, -0.15) is 13.2 Å². The van der Waals surface area contributed by atoms with Gasteiger partial charge in [0.05, 0.1) is 11.5 Å². The van der Waals surface area contributed by atoms with Gasteiger partial charge in [-0.05, 0) is 12.1 Å². The maximum Gasteiger partial charge on any atom is 0.392 e. The van der Waals surface area contributed by atoms with Gasteiger partial charge >= 0.3 is 6.18 Å². The fraction of sp³-hybridized carbons (Fsp3) is 0.286. The summed E-state index contributed by atoms with van der Waals surface area (Å²) in [5, 5.41) is 12.5. The summed E-state index contributed by atoms with van der Waals surface area (Å²) in [4.78, 5) is 11.8. The third-order valence-electron chi connectivity index (χ3n) is 3.16. The van der Waals surface area contributed by atoms with E-state index in [1.165, 1.54) is 0 Å². The van der Waals surface area contributed by atoms with Crippen LogP contribution in [0.1, 0.15) is 12.8 Å². The summed E-state index contributed by atoms with van der Waals surface area (Å²) in [6.07, 6.45) is -5.83. The Morgan fingerprint density at radius 2 is 1.86 bits per heavy atom. The summed E-state index contributed by atoms with van der Waals surface area (Å²) in [5.74, 6) is -3.26. The van der Waals surface area contributed by atoms with E-state index in [1.54, 1.807) is 30.3 Å². The number of anilines is 1. The lowest BCUT2D eigenvalue weighted by Gasteiger charge is -2.25. The van der Waals surface area contributed by atoms with Crippen molar-refractivity contribution in [1.82, 2.24) is 0 Å². The molecule has 0 spiro atoms. The number of carbonyl (C=O) groups excluding carboxylic acids is 1. The molecule has 0 saturated carbocycles. The monoisotopic (exact) mass is 315 g/mol. The van der Waals surface area contributed by atoms with Gasteiger partial charge in [-0.25, -0.2) is 0 Å². The van der Waals surface area contributed by atoms with Crippen molar-refractivity contribution >= 4 is 28.7 Å². The van der Waals surface area contributed by atoms with Crippen LogP contribution >= 0.6 is 12.2 Å². The molecule has 7 heteroatoms. The molecule has 1 aromatic carbocycles. The summed E-state index contributed by atoms with van der Waals surface area (Å²) >= 11 is 5.01. The molecule has 1 aliphatic carbocycles. The van der Waals surface area contributed by atoms with Gasteiger partial charge in [-0.3, -0.25) is 4.79 Å². The number of aliphatic hydroxyl groups excluding tert-OH is 1. The predicted molar refractivity (Wildman–Crippen MR) is 76.1 cm³/mol. The number of rotatable bonds is 2. The highest BCUT2D eigenvalue weighted by Crippen LogP contribution is 2.38. The maximum absolute atomic E-state index is 12.6. The molecule has 0 saturated heterocycles. The Morgan fingerprint density at radius 3 is 2.38 bits per heavy atom. The Hall–Kier alpha value is -1.89. The van der Waals surface area contributed by atoms with Crippen molar-refractivity contribution in [2.24, 2.45) is 5.92 Å². The summed E-state index contributed by atoms with van der Waals surface area (Å²) in [6, 6.07) is 8.64. The van der Waals surface area contributed by atoms with Crippen LogP contribution in [0.5, 0.6) is 0 Å². The highest BCUT2D eigenvalue weighted by Gasteiger charge is 2.45. The molecule has 1 aromatic rings. The van der Waals surface area contributed by atoms with Crippen molar-refractivity contribution in [3.8, 4) is 0 Å². The maximum atomic E-state index is 12.6. The largest absolute Gasteiger partial charge is 0.511 e. The minimum Gasteiger partial charge on any atom is -0.511 e. The second kappa shape index (κ2) is 5.85. The number of aliphatic hydroxyl groups is 1. The van der Waals surface area contributed by atoms with Crippen LogP contribution in [-0.4, -0.2) is 22.1 Å². The number of carbonyl (C=O) groups is 1. The number of nitrogens with one attached hydrogen (secondary N) is 1. The number of alkyl halides is 3. The molecule has 1 aliphatic rings. The number of benzene rings is 1. The molecular formula is C14H12F3NO2S. The van der Waals surface area contributed by atoms with Gasteiger partial charge in [-0.15, -0.1) is 0 Å². The molecule has 1 atom stereocenters. The first-order valence-electron chi connectivity index (χ1n) is 6.17. The minimum atomic E-state index is -4.51. The van der Waals surface area contributed by atoms with E-state index in [2.05, 4.69) is 5.32 Å². The van der Waals surface area contributed by atoms with Gasteiger partial charge in [0, 0.05) is 18.5 Å². The SMILES string of the molecule is O=C1CC(C(F)(F)F)CC(O)=C1C(=S)Nc1ccccc1. The Morgan fingerprint density at radius 1 is 1.24 bits per heavy atom. The van der Waals surface area contributed by atoms with Crippen LogP contribution in [0.15, 0.2) is 41.7 Å². The molecule has 0 amide bonds. The van der Waals surface area contributed by atoms with Crippen molar-refractivity contribution in [3.05, 3.63) is 41.7 Å². The van der Waals surface area contributed by atoms with Gasteiger partial charge < -0.3 is 10.4 Å². The number of para-hydroxylation sites is 1. The molecule has 0 radical (unpaired) electrons. The highest BCUT2D eigenvalue weighted by atomic mass is 32.1. The van der Waals surface area contributed by atoms with Gasteiger partial charge in [-0.1, -0.05) is 30.4 Å². The summed E-state index contributed by atoms with van der Waals surface area (Å²) in [5.41, 5.74) is 0.364. The molecule has 1 unspecified atom stereocenters. The molecular weight excluding hydrogens is 303 g/mol. The highest BCUT2D eigenvalue weighted by molar-refractivity contribution is 7.81. The molecule has 21 heavy (non-hydrogen) atoms. The third kappa shape index (κ3) is 3.60. The van der Waals surface area contributed by atoms with Gasteiger partial charge in [0.1, 0.15) is 10.7 Å². The normalized spacial score (nSPS) is 19.6. The Balaban J connectivity index is 2.19. The number of Topliss-reactive ketones (excluding diaryl/α,β-unsaturated/α-hetero) is 1.